The Balaban J connectivity index is 2.63. The Morgan fingerprint density at radius 3 is 2.77 bits per heavy atom. The quantitative estimate of drug-likeness (QED) is 0.787. The Labute approximate surface area is 84.4 Å². The maximum absolute atomic E-state index is 4.50. The molecule has 0 radical (unpaired) electrons. The van der Waals surface area contributed by atoms with Crippen molar-refractivity contribution in [1.29, 1.82) is 0 Å². The molecule has 1 N–H and O–H groups in total. The number of aryl methyl sites for hydroxylation is 1. The van der Waals surface area contributed by atoms with E-state index in [1.807, 2.05) is 0 Å². The van der Waals surface area contributed by atoms with E-state index < -0.39 is 0 Å². The van der Waals surface area contributed by atoms with Crippen LogP contribution in [0, 0.1) is 6.92 Å². The largest absolute Gasteiger partial charge is 0.308 e. The van der Waals surface area contributed by atoms with Gasteiger partial charge in [0.2, 0.25) is 0 Å². The highest BCUT2D eigenvalue weighted by atomic mass is 32.1. The van der Waals surface area contributed by atoms with Crippen LogP contribution >= 0.6 is 11.3 Å². The second-order valence-corrected chi connectivity index (χ2v) is 4.12. The van der Waals surface area contributed by atoms with E-state index in [1.54, 1.807) is 11.3 Å². The van der Waals surface area contributed by atoms with Crippen LogP contribution in [0.4, 0.5) is 0 Å². The molecular formula is C10H18N2S. The average molecular weight is 198 g/mol. The van der Waals surface area contributed by atoms with Gasteiger partial charge in [-0.3, -0.25) is 0 Å². The molecule has 1 heterocycles. The van der Waals surface area contributed by atoms with Crippen LogP contribution in [0.2, 0.25) is 0 Å². The molecule has 1 aromatic rings. The van der Waals surface area contributed by atoms with Crippen molar-refractivity contribution in [1.82, 2.24) is 10.3 Å². The number of nitrogens with one attached hydrogen (secondary N) is 1. The van der Waals surface area contributed by atoms with Gasteiger partial charge in [0.15, 0.2) is 0 Å². The smallest absolute Gasteiger partial charge is 0.110 e. The predicted octanol–water partition coefficient (Wildman–Crippen LogP) is 2.90. The Kier molecular flexibility index (Phi) is 4.39. The number of hydrogen-bond donors (Lipinski definition) is 1. The summed E-state index contributed by atoms with van der Waals surface area (Å²) < 4.78 is 0. The molecule has 0 aromatic carbocycles. The van der Waals surface area contributed by atoms with Gasteiger partial charge in [-0.05, 0) is 19.9 Å². The van der Waals surface area contributed by atoms with Gasteiger partial charge >= 0.3 is 0 Å². The highest BCUT2D eigenvalue weighted by Crippen LogP contribution is 2.21. The molecule has 0 aliphatic heterocycles. The maximum Gasteiger partial charge on any atom is 0.110 e. The van der Waals surface area contributed by atoms with Gasteiger partial charge in [0.25, 0.3) is 0 Å². The van der Waals surface area contributed by atoms with E-state index in [2.05, 4.69) is 36.5 Å². The average Bonchev–Trinajstić information content (AvgIpc) is 2.51. The van der Waals surface area contributed by atoms with Crippen molar-refractivity contribution < 1.29 is 0 Å². The maximum atomic E-state index is 4.50. The van der Waals surface area contributed by atoms with Gasteiger partial charge < -0.3 is 5.32 Å². The van der Waals surface area contributed by atoms with Crippen LogP contribution in [0.5, 0.6) is 0 Å². The molecule has 13 heavy (non-hydrogen) atoms. The molecule has 3 heteroatoms. The molecule has 2 nitrogen and oxygen atoms in total. The van der Waals surface area contributed by atoms with Gasteiger partial charge in [-0.25, -0.2) is 4.98 Å². The molecular weight excluding hydrogens is 180 g/mol. The van der Waals surface area contributed by atoms with Gasteiger partial charge in [-0.2, -0.15) is 0 Å². The highest BCUT2D eigenvalue weighted by molar-refractivity contribution is 7.09. The number of aromatic nitrogens is 1. The van der Waals surface area contributed by atoms with Crippen LogP contribution in [0.1, 0.15) is 43.4 Å². The van der Waals surface area contributed by atoms with Gasteiger partial charge in [0, 0.05) is 11.1 Å². The molecule has 0 fully saturated rings. The van der Waals surface area contributed by atoms with Crippen molar-refractivity contribution in [3.05, 3.63) is 16.1 Å². The molecule has 1 rings (SSSR count). The van der Waals surface area contributed by atoms with E-state index >= 15 is 0 Å². The van der Waals surface area contributed by atoms with Crippen molar-refractivity contribution in [2.75, 3.05) is 6.54 Å². The number of rotatable bonds is 5. The minimum Gasteiger partial charge on any atom is -0.308 e. The second-order valence-electron chi connectivity index (χ2n) is 3.23. The van der Waals surface area contributed by atoms with E-state index in [0.29, 0.717) is 6.04 Å². The molecule has 0 saturated heterocycles. The summed E-state index contributed by atoms with van der Waals surface area (Å²) in [6.07, 6.45) is 2.39. The SMILES string of the molecule is CCCC(NCC)c1nc(C)cs1. The summed E-state index contributed by atoms with van der Waals surface area (Å²) in [7, 11) is 0. The van der Waals surface area contributed by atoms with E-state index in [0.717, 1.165) is 12.2 Å². The number of hydrogen-bond acceptors (Lipinski definition) is 3. The Hall–Kier alpha value is -0.410. The molecule has 1 aromatic heterocycles. The predicted molar refractivity (Wildman–Crippen MR) is 58.2 cm³/mol. The molecule has 0 amide bonds. The van der Waals surface area contributed by atoms with Crippen molar-refractivity contribution in [2.24, 2.45) is 0 Å². The molecule has 1 unspecified atom stereocenters. The zero-order valence-electron chi connectivity index (χ0n) is 8.63. The van der Waals surface area contributed by atoms with Crippen molar-refractivity contribution >= 4 is 11.3 Å². The fourth-order valence-electron chi connectivity index (χ4n) is 1.38. The summed E-state index contributed by atoms with van der Waals surface area (Å²) in [6.45, 7) is 7.42. The normalized spacial score (nSPS) is 13.2. The molecule has 0 aliphatic carbocycles. The zero-order valence-corrected chi connectivity index (χ0v) is 9.45. The lowest BCUT2D eigenvalue weighted by atomic mass is 10.2. The van der Waals surface area contributed by atoms with Crippen LogP contribution in [0.3, 0.4) is 0 Å². The first kappa shape index (κ1) is 10.7. The number of thiazole rings is 1. The van der Waals surface area contributed by atoms with Crippen molar-refractivity contribution in [2.45, 2.75) is 39.7 Å². The summed E-state index contributed by atoms with van der Waals surface area (Å²) in [5, 5.41) is 6.82. The first-order valence-corrected chi connectivity index (χ1v) is 5.81. The van der Waals surface area contributed by atoms with E-state index in [-0.39, 0.29) is 0 Å². The third kappa shape index (κ3) is 3.08. The van der Waals surface area contributed by atoms with E-state index in [4.69, 9.17) is 0 Å². The van der Waals surface area contributed by atoms with Gasteiger partial charge in [0.1, 0.15) is 5.01 Å². The van der Waals surface area contributed by atoms with Crippen LogP contribution in [-0.4, -0.2) is 11.5 Å². The first-order valence-electron chi connectivity index (χ1n) is 4.93. The lowest BCUT2D eigenvalue weighted by Crippen LogP contribution is -2.20. The monoisotopic (exact) mass is 198 g/mol. The lowest BCUT2D eigenvalue weighted by Gasteiger charge is -2.13. The van der Waals surface area contributed by atoms with Crippen molar-refractivity contribution in [3.63, 3.8) is 0 Å². The van der Waals surface area contributed by atoms with Crippen LogP contribution < -0.4 is 5.32 Å². The van der Waals surface area contributed by atoms with Gasteiger partial charge in [0.05, 0.1) is 6.04 Å². The Morgan fingerprint density at radius 2 is 2.31 bits per heavy atom. The molecule has 1 atom stereocenters. The molecule has 0 saturated carbocycles. The van der Waals surface area contributed by atoms with E-state index in [1.165, 1.54) is 17.8 Å². The topological polar surface area (TPSA) is 24.9 Å². The number of nitrogens with zero attached hydrogens (tertiary/aromatic N) is 1. The summed E-state index contributed by atoms with van der Waals surface area (Å²) >= 11 is 1.76. The zero-order chi connectivity index (χ0) is 9.68. The van der Waals surface area contributed by atoms with Crippen molar-refractivity contribution in [3.8, 4) is 0 Å². The Morgan fingerprint density at radius 1 is 1.54 bits per heavy atom. The molecule has 74 valence electrons. The fourth-order valence-corrected chi connectivity index (χ4v) is 2.29. The third-order valence-electron chi connectivity index (χ3n) is 1.96. The molecule has 0 aliphatic rings. The summed E-state index contributed by atoms with van der Waals surface area (Å²) in [5.41, 5.74) is 1.14. The standard InChI is InChI=1S/C10H18N2S/c1-4-6-9(11-5-2)10-12-8(3)7-13-10/h7,9,11H,4-6H2,1-3H3. The fraction of sp³-hybridized carbons (Fsp3) is 0.700. The molecule has 0 spiro atoms. The van der Waals surface area contributed by atoms with E-state index in [9.17, 15) is 0 Å². The lowest BCUT2D eigenvalue weighted by molar-refractivity contribution is 0.506. The first-order chi connectivity index (χ1) is 6.27. The van der Waals surface area contributed by atoms with Crippen LogP contribution in [0.15, 0.2) is 5.38 Å². The Bertz CT molecular complexity index is 239. The van der Waals surface area contributed by atoms with Crippen LogP contribution in [-0.2, 0) is 0 Å². The molecule has 0 bridgehead atoms. The minimum atomic E-state index is 0.466. The highest BCUT2D eigenvalue weighted by Gasteiger charge is 2.11. The summed E-state index contributed by atoms with van der Waals surface area (Å²) in [6, 6.07) is 0.466. The summed E-state index contributed by atoms with van der Waals surface area (Å²) in [4.78, 5) is 4.50. The van der Waals surface area contributed by atoms with Gasteiger partial charge in [-0.15, -0.1) is 11.3 Å². The van der Waals surface area contributed by atoms with Crippen LogP contribution in [0.25, 0.3) is 0 Å². The van der Waals surface area contributed by atoms with Gasteiger partial charge in [-0.1, -0.05) is 20.3 Å². The minimum absolute atomic E-state index is 0.466. The second kappa shape index (κ2) is 5.35. The summed E-state index contributed by atoms with van der Waals surface area (Å²) in [5.74, 6) is 0. The third-order valence-corrected chi connectivity index (χ3v) is 3.04.